The molecule has 2 aromatic carbocycles. The van der Waals surface area contributed by atoms with E-state index < -0.39 is 17.4 Å². The number of H-pyrrole nitrogens is 1. The zero-order chi connectivity index (χ0) is 25.2. The van der Waals surface area contributed by atoms with Crippen LogP contribution in [0.15, 0.2) is 54.9 Å². The van der Waals surface area contributed by atoms with Crippen LogP contribution in [0.2, 0.25) is 5.02 Å². The molecule has 2 aromatic heterocycles. The van der Waals surface area contributed by atoms with E-state index in [-0.39, 0.29) is 30.3 Å². The second-order valence-electron chi connectivity index (χ2n) is 8.47. The van der Waals surface area contributed by atoms with E-state index in [9.17, 15) is 18.7 Å². The molecule has 4 aromatic rings. The summed E-state index contributed by atoms with van der Waals surface area (Å²) in [6.45, 7) is 0.367. The zero-order valence-electron chi connectivity index (χ0n) is 18.9. The third-order valence-electron chi connectivity index (χ3n) is 6.08. The van der Waals surface area contributed by atoms with Crippen molar-refractivity contribution in [2.75, 3.05) is 18.5 Å². The highest BCUT2D eigenvalue weighted by molar-refractivity contribution is 6.35. The number of carbonyl (C=O) groups is 1. The van der Waals surface area contributed by atoms with Gasteiger partial charge < -0.3 is 24.9 Å². The number of hydrogen-bond donors (Lipinski definition) is 3. The van der Waals surface area contributed by atoms with E-state index in [1.54, 1.807) is 6.20 Å². The number of rotatable bonds is 7. The number of halogens is 3. The number of aromatic nitrogens is 2. The fraction of sp³-hybridized carbons (Fsp3) is 0.231. The average Bonchev–Trinajstić information content (AvgIpc) is 3.33. The standard InChI is InChI=1S/C26H22ClF2N3O4/c27-19-11-31-26-22(23(19)32-15-6-9-17(12-33)35-13-15)18(10-30-26)24(34)14-4-7-16(8-5-14)36-25-20(28)2-1-3-21(25)29/h1-5,7-8,10-11,15,17,33H,6,9,12-13H2,(H2,30,31,32)/t15-,17+/m1/s1. The number of ether oxygens (including phenoxy) is 2. The monoisotopic (exact) mass is 513 g/mol. The molecule has 7 nitrogen and oxygen atoms in total. The Kier molecular flexibility index (Phi) is 6.86. The summed E-state index contributed by atoms with van der Waals surface area (Å²) in [6.07, 6.45) is 4.36. The molecule has 1 saturated heterocycles. The Labute approximate surface area is 210 Å². The van der Waals surface area contributed by atoms with Crippen molar-refractivity contribution in [1.29, 1.82) is 0 Å². The molecule has 1 fully saturated rings. The molecule has 1 aliphatic rings. The summed E-state index contributed by atoms with van der Waals surface area (Å²) in [5.41, 5.74) is 1.76. The van der Waals surface area contributed by atoms with Gasteiger partial charge in [-0.15, -0.1) is 0 Å². The maximum absolute atomic E-state index is 13.9. The number of hydrogen-bond acceptors (Lipinski definition) is 6. The SMILES string of the molecule is O=C(c1ccc(Oc2c(F)cccc2F)cc1)c1c[nH]c2ncc(Cl)c(N[C@@H]3CC[C@@H](CO)OC3)c12. The first-order chi connectivity index (χ1) is 17.4. The van der Waals surface area contributed by atoms with Gasteiger partial charge in [-0.25, -0.2) is 13.8 Å². The van der Waals surface area contributed by atoms with Crippen molar-refractivity contribution in [2.24, 2.45) is 0 Å². The molecule has 0 unspecified atom stereocenters. The molecule has 0 amide bonds. The van der Waals surface area contributed by atoms with Gasteiger partial charge in [-0.05, 0) is 49.2 Å². The van der Waals surface area contributed by atoms with Crippen molar-refractivity contribution < 1.29 is 28.2 Å². The first-order valence-electron chi connectivity index (χ1n) is 11.4. The number of carbonyl (C=O) groups excluding carboxylic acids is 1. The molecule has 0 aliphatic carbocycles. The Morgan fingerprint density at radius 1 is 1.19 bits per heavy atom. The van der Waals surface area contributed by atoms with E-state index in [4.69, 9.17) is 21.1 Å². The molecule has 36 heavy (non-hydrogen) atoms. The lowest BCUT2D eigenvalue weighted by molar-refractivity contribution is -0.0223. The minimum atomic E-state index is -0.825. The fourth-order valence-corrected chi connectivity index (χ4v) is 4.39. The number of ketones is 1. The number of fused-ring (bicyclic) bond motifs is 1. The van der Waals surface area contributed by atoms with Gasteiger partial charge >= 0.3 is 0 Å². The molecule has 10 heteroatoms. The molecule has 0 bridgehead atoms. The highest BCUT2D eigenvalue weighted by Gasteiger charge is 2.25. The first kappa shape index (κ1) is 24.2. The van der Waals surface area contributed by atoms with E-state index in [1.165, 1.54) is 36.5 Å². The number of para-hydroxylation sites is 1. The van der Waals surface area contributed by atoms with Gasteiger partial charge in [-0.3, -0.25) is 4.79 Å². The maximum Gasteiger partial charge on any atom is 0.198 e. The number of anilines is 1. The molecule has 5 rings (SSSR count). The number of aromatic amines is 1. The van der Waals surface area contributed by atoms with Crippen LogP contribution in [0.1, 0.15) is 28.8 Å². The minimum absolute atomic E-state index is 0.0253. The molecule has 3 heterocycles. The van der Waals surface area contributed by atoms with Crippen molar-refractivity contribution in [1.82, 2.24) is 9.97 Å². The number of nitrogens with one attached hydrogen (secondary N) is 2. The predicted octanol–water partition coefficient (Wildman–Crippen LogP) is 5.47. The van der Waals surface area contributed by atoms with Crippen molar-refractivity contribution in [3.05, 3.63) is 82.6 Å². The van der Waals surface area contributed by atoms with Gasteiger partial charge in [-0.2, -0.15) is 0 Å². The van der Waals surface area contributed by atoms with Crippen molar-refractivity contribution in [3.8, 4) is 11.5 Å². The Morgan fingerprint density at radius 3 is 2.61 bits per heavy atom. The summed E-state index contributed by atoms with van der Waals surface area (Å²) in [7, 11) is 0. The highest BCUT2D eigenvalue weighted by atomic mass is 35.5. The normalized spacial score (nSPS) is 17.8. The topological polar surface area (TPSA) is 96.5 Å². The molecule has 0 spiro atoms. The van der Waals surface area contributed by atoms with Gasteiger partial charge in [0.2, 0.25) is 0 Å². The number of benzene rings is 2. The Bertz CT molecular complexity index is 1380. The lowest BCUT2D eigenvalue weighted by Crippen LogP contribution is -2.36. The van der Waals surface area contributed by atoms with Crippen molar-refractivity contribution in [2.45, 2.75) is 25.0 Å². The van der Waals surface area contributed by atoms with Crippen molar-refractivity contribution in [3.63, 3.8) is 0 Å². The van der Waals surface area contributed by atoms with Crippen molar-refractivity contribution >= 4 is 34.1 Å². The maximum atomic E-state index is 13.9. The van der Waals surface area contributed by atoms with Crippen LogP contribution in [-0.2, 0) is 4.74 Å². The van der Waals surface area contributed by atoms with Crippen LogP contribution in [0.4, 0.5) is 14.5 Å². The number of nitrogens with zero attached hydrogens (tertiary/aromatic N) is 1. The van der Waals surface area contributed by atoms with E-state index in [0.717, 1.165) is 18.6 Å². The predicted molar refractivity (Wildman–Crippen MR) is 131 cm³/mol. The van der Waals surface area contributed by atoms with E-state index in [2.05, 4.69) is 15.3 Å². The Morgan fingerprint density at radius 2 is 1.94 bits per heavy atom. The zero-order valence-corrected chi connectivity index (χ0v) is 19.7. The summed E-state index contributed by atoms with van der Waals surface area (Å²) in [5, 5.41) is 13.6. The minimum Gasteiger partial charge on any atom is -0.451 e. The van der Waals surface area contributed by atoms with E-state index in [1.807, 2.05) is 0 Å². The second-order valence-corrected chi connectivity index (χ2v) is 8.88. The fourth-order valence-electron chi connectivity index (χ4n) is 4.19. The first-order valence-corrected chi connectivity index (χ1v) is 11.7. The van der Waals surface area contributed by atoms with Gasteiger partial charge in [0.1, 0.15) is 11.4 Å². The van der Waals surface area contributed by atoms with Gasteiger partial charge in [0.25, 0.3) is 0 Å². The van der Waals surface area contributed by atoms with Crippen LogP contribution < -0.4 is 10.1 Å². The summed E-state index contributed by atoms with van der Waals surface area (Å²) in [4.78, 5) is 20.7. The second kappa shape index (κ2) is 10.2. The number of pyridine rings is 1. The molecule has 3 N–H and O–H groups in total. The van der Waals surface area contributed by atoms with E-state index in [0.29, 0.717) is 45.9 Å². The third-order valence-corrected chi connectivity index (χ3v) is 6.36. The summed E-state index contributed by atoms with van der Waals surface area (Å²) < 4.78 is 38.8. The summed E-state index contributed by atoms with van der Waals surface area (Å²) in [5.74, 6) is -2.28. The van der Waals surface area contributed by atoms with Crippen LogP contribution in [0.3, 0.4) is 0 Å². The third kappa shape index (κ3) is 4.77. The molecule has 1 aliphatic heterocycles. The number of aliphatic hydroxyl groups excluding tert-OH is 1. The summed E-state index contributed by atoms with van der Waals surface area (Å²) in [6, 6.07) is 9.37. The van der Waals surface area contributed by atoms with Gasteiger partial charge in [0.05, 0.1) is 47.2 Å². The van der Waals surface area contributed by atoms with Crippen LogP contribution in [0.5, 0.6) is 11.5 Å². The lowest BCUT2D eigenvalue weighted by atomic mass is 10.0. The molecular weight excluding hydrogens is 492 g/mol. The molecule has 0 radical (unpaired) electrons. The quantitative estimate of drug-likeness (QED) is 0.284. The van der Waals surface area contributed by atoms with Crippen LogP contribution in [0.25, 0.3) is 11.0 Å². The van der Waals surface area contributed by atoms with Gasteiger partial charge in [-0.1, -0.05) is 17.7 Å². The molecule has 2 atom stereocenters. The highest BCUT2D eigenvalue weighted by Crippen LogP contribution is 2.35. The average molecular weight is 514 g/mol. The van der Waals surface area contributed by atoms with E-state index >= 15 is 0 Å². The number of aliphatic hydroxyl groups is 1. The lowest BCUT2D eigenvalue weighted by Gasteiger charge is -2.29. The van der Waals surface area contributed by atoms with Crippen LogP contribution >= 0.6 is 11.6 Å². The Balaban J connectivity index is 1.40. The largest absolute Gasteiger partial charge is 0.451 e. The van der Waals surface area contributed by atoms with Crippen LogP contribution in [-0.4, -0.2) is 46.2 Å². The molecule has 186 valence electrons. The molecule has 0 saturated carbocycles. The van der Waals surface area contributed by atoms with Gasteiger partial charge in [0.15, 0.2) is 23.2 Å². The smallest absolute Gasteiger partial charge is 0.198 e. The van der Waals surface area contributed by atoms with Crippen LogP contribution in [0, 0.1) is 11.6 Å². The molecular formula is C26H22ClF2N3O4. The summed E-state index contributed by atoms with van der Waals surface area (Å²) >= 11 is 6.47. The van der Waals surface area contributed by atoms with Gasteiger partial charge in [0, 0.05) is 17.8 Å². The Hall–Kier alpha value is -3.53.